The van der Waals surface area contributed by atoms with Crippen molar-refractivity contribution in [1.29, 1.82) is 0 Å². The molecular formula is C13H17BrClN3O2. The van der Waals surface area contributed by atoms with E-state index in [1.54, 1.807) is 12.3 Å². The monoisotopic (exact) mass is 361 g/mol. The number of halogens is 2. The standard InChI is InChI=1S/C13H17BrClN3O2/c14-9-7-11(13(15)17-8-9)18-12(19)3-6-20-10-1-4-16-5-2-10/h7-8,10,16H,1-6H2,(H,18,19). The minimum atomic E-state index is -0.124. The lowest BCUT2D eigenvalue weighted by atomic mass is 10.1. The van der Waals surface area contributed by atoms with Gasteiger partial charge >= 0.3 is 0 Å². The molecule has 1 saturated heterocycles. The first kappa shape index (κ1) is 15.7. The molecule has 0 aromatic carbocycles. The van der Waals surface area contributed by atoms with Crippen LogP contribution in [0.2, 0.25) is 5.15 Å². The fourth-order valence-electron chi connectivity index (χ4n) is 2.00. The molecule has 0 spiro atoms. The molecule has 1 aromatic heterocycles. The number of nitrogens with zero attached hydrogens (tertiary/aromatic N) is 1. The first-order valence-electron chi connectivity index (χ1n) is 6.58. The summed E-state index contributed by atoms with van der Waals surface area (Å²) < 4.78 is 6.45. The van der Waals surface area contributed by atoms with Crippen LogP contribution in [0.3, 0.4) is 0 Å². The molecule has 2 N–H and O–H groups in total. The van der Waals surface area contributed by atoms with E-state index in [9.17, 15) is 4.79 Å². The fourth-order valence-corrected chi connectivity index (χ4v) is 2.49. The molecule has 5 nitrogen and oxygen atoms in total. The molecule has 0 radical (unpaired) electrons. The lowest BCUT2D eigenvalue weighted by molar-refractivity contribution is -0.117. The van der Waals surface area contributed by atoms with Gasteiger partial charge < -0.3 is 15.4 Å². The third-order valence-corrected chi connectivity index (χ3v) is 3.78. The Morgan fingerprint density at radius 2 is 2.30 bits per heavy atom. The van der Waals surface area contributed by atoms with Crippen LogP contribution in [0.15, 0.2) is 16.7 Å². The van der Waals surface area contributed by atoms with E-state index in [1.807, 2.05) is 0 Å². The number of ether oxygens (including phenoxy) is 1. The van der Waals surface area contributed by atoms with Gasteiger partial charge in [0.15, 0.2) is 5.15 Å². The maximum atomic E-state index is 11.8. The van der Waals surface area contributed by atoms with E-state index in [4.69, 9.17) is 16.3 Å². The van der Waals surface area contributed by atoms with Crippen LogP contribution in [0.25, 0.3) is 0 Å². The Morgan fingerprint density at radius 3 is 3.05 bits per heavy atom. The molecule has 0 atom stereocenters. The third-order valence-electron chi connectivity index (χ3n) is 3.05. The summed E-state index contributed by atoms with van der Waals surface area (Å²) in [5.41, 5.74) is 0.507. The number of aromatic nitrogens is 1. The van der Waals surface area contributed by atoms with Crippen LogP contribution in [-0.2, 0) is 9.53 Å². The minimum Gasteiger partial charge on any atom is -0.378 e. The highest BCUT2D eigenvalue weighted by Gasteiger charge is 2.14. The first-order valence-corrected chi connectivity index (χ1v) is 7.75. The average Bonchev–Trinajstić information content (AvgIpc) is 2.44. The van der Waals surface area contributed by atoms with Gasteiger partial charge in [0, 0.05) is 10.7 Å². The molecule has 7 heteroatoms. The third kappa shape index (κ3) is 5.01. The summed E-state index contributed by atoms with van der Waals surface area (Å²) in [6.45, 7) is 2.39. The van der Waals surface area contributed by atoms with Gasteiger partial charge in [0.25, 0.3) is 0 Å². The second kappa shape index (κ2) is 7.93. The van der Waals surface area contributed by atoms with Crippen molar-refractivity contribution in [3.63, 3.8) is 0 Å². The fraction of sp³-hybridized carbons (Fsp3) is 0.538. The van der Waals surface area contributed by atoms with Crippen LogP contribution in [0, 0.1) is 0 Å². The van der Waals surface area contributed by atoms with Crippen molar-refractivity contribution >= 4 is 39.1 Å². The molecule has 1 aromatic rings. The van der Waals surface area contributed by atoms with Crippen molar-refractivity contribution in [3.05, 3.63) is 21.9 Å². The van der Waals surface area contributed by atoms with Gasteiger partial charge in [-0.15, -0.1) is 0 Å². The van der Waals surface area contributed by atoms with E-state index in [2.05, 4.69) is 31.5 Å². The van der Waals surface area contributed by atoms with Gasteiger partial charge in [-0.1, -0.05) is 11.6 Å². The van der Waals surface area contributed by atoms with Crippen molar-refractivity contribution in [3.8, 4) is 0 Å². The maximum Gasteiger partial charge on any atom is 0.226 e. The Hall–Kier alpha value is -0.690. The summed E-state index contributed by atoms with van der Waals surface area (Å²) in [6.07, 6.45) is 4.16. The smallest absolute Gasteiger partial charge is 0.226 e. The predicted octanol–water partition coefficient (Wildman–Crippen LogP) is 2.59. The van der Waals surface area contributed by atoms with E-state index in [0.717, 1.165) is 30.4 Å². The number of hydrogen-bond donors (Lipinski definition) is 2. The zero-order valence-electron chi connectivity index (χ0n) is 11.0. The van der Waals surface area contributed by atoms with Crippen LogP contribution in [0.1, 0.15) is 19.3 Å². The Balaban J connectivity index is 1.73. The van der Waals surface area contributed by atoms with Gasteiger partial charge in [-0.25, -0.2) is 4.98 Å². The Kier molecular flexibility index (Phi) is 6.22. The number of rotatable bonds is 5. The van der Waals surface area contributed by atoms with Crippen molar-refractivity contribution in [2.75, 3.05) is 25.0 Å². The Morgan fingerprint density at radius 1 is 1.55 bits per heavy atom. The second-order valence-electron chi connectivity index (χ2n) is 4.61. The van der Waals surface area contributed by atoms with E-state index < -0.39 is 0 Å². The highest BCUT2D eigenvalue weighted by Crippen LogP contribution is 2.23. The molecule has 0 unspecified atom stereocenters. The molecule has 2 heterocycles. The van der Waals surface area contributed by atoms with Crippen LogP contribution >= 0.6 is 27.5 Å². The highest BCUT2D eigenvalue weighted by molar-refractivity contribution is 9.10. The van der Waals surface area contributed by atoms with Gasteiger partial charge in [-0.05, 0) is 47.9 Å². The topological polar surface area (TPSA) is 63.2 Å². The van der Waals surface area contributed by atoms with Crippen LogP contribution in [0.5, 0.6) is 0 Å². The number of carbonyl (C=O) groups excluding carboxylic acids is 1. The first-order chi connectivity index (χ1) is 9.65. The van der Waals surface area contributed by atoms with Crippen molar-refractivity contribution in [2.45, 2.75) is 25.4 Å². The lowest BCUT2D eigenvalue weighted by Crippen LogP contribution is -2.33. The molecule has 1 fully saturated rings. The SMILES string of the molecule is O=C(CCOC1CCNCC1)Nc1cc(Br)cnc1Cl. The average molecular weight is 363 g/mol. The van der Waals surface area contributed by atoms with E-state index >= 15 is 0 Å². The quantitative estimate of drug-likeness (QED) is 0.790. The number of carbonyl (C=O) groups is 1. The van der Waals surface area contributed by atoms with Crippen LogP contribution < -0.4 is 10.6 Å². The number of amides is 1. The molecule has 2 rings (SSSR count). The van der Waals surface area contributed by atoms with E-state index in [-0.39, 0.29) is 17.2 Å². The predicted molar refractivity (Wildman–Crippen MR) is 82.0 cm³/mol. The zero-order chi connectivity index (χ0) is 14.4. The molecular weight excluding hydrogens is 346 g/mol. The van der Waals surface area contributed by atoms with Crippen LogP contribution in [-0.4, -0.2) is 36.7 Å². The molecule has 0 bridgehead atoms. The summed E-state index contributed by atoms with van der Waals surface area (Å²) in [5.74, 6) is -0.124. The molecule has 0 saturated carbocycles. The zero-order valence-corrected chi connectivity index (χ0v) is 13.3. The van der Waals surface area contributed by atoms with Crippen LogP contribution in [0.4, 0.5) is 5.69 Å². The summed E-state index contributed by atoms with van der Waals surface area (Å²) in [4.78, 5) is 15.8. The molecule has 1 aliphatic rings. The lowest BCUT2D eigenvalue weighted by Gasteiger charge is -2.22. The van der Waals surface area contributed by atoms with E-state index in [0.29, 0.717) is 18.7 Å². The Bertz CT molecular complexity index is 467. The second-order valence-corrected chi connectivity index (χ2v) is 5.88. The van der Waals surface area contributed by atoms with Gasteiger partial charge in [-0.3, -0.25) is 4.79 Å². The molecule has 1 aliphatic heterocycles. The summed E-state index contributed by atoms with van der Waals surface area (Å²) in [7, 11) is 0. The largest absolute Gasteiger partial charge is 0.378 e. The summed E-state index contributed by atoms with van der Waals surface area (Å²) in [5, 5.41) is 6.28. The normalized spacial score (nSPS) is 16.1. The summed E-state index contributed by atoms with van der Waals surface area (Å²) >= 11 is 9.20. The Labute approximate surface area is 131 Å². The number of hydrogen-bond acceptors (Lipinski definition) is 4. The van der Waals surface area contributed by atoms with Gasteiger partial charge in [0.05, 0.1) is 24.8 Å². The van der Waals surface area contributed by atoms with E-state index in [1.165, 1.54) is 0 Å². The maximum absolute atomic E-state index is 11.8. The number of piperidine rings is 1. The number of pyridine rings is 1. The van der Waals surface area contributed by atoms with Crippen molar-refractivity contribution < 1.29 is 9.53 Å². The highest BCUT2D eigenvalue weighted by atomic mass is 79.9. The molecule has 20 heavy (non-hydrogen) atoms. The van der Waals surface area contributed by atoms with Gasteiger partial charge in [0.2, 0.25) is 5.91 Å². The molecule has 0 aliphatic carbocycles. The van der Waals surface area contributed by atoms with Crippen molar-refractivity contribution in [1.82, 2.24) is 10.3 Å². The van der Waals surface area contributed by atoms with Gasteiger partial charge in [0.1, 0.15) is 0 Å². The van der Waals surface area contributed by atoms with Crippen molar-refractivity contribution in [2.24, 2.45) is 0 Å². The van der Waals surface area contributed by atoms with Gasteiger partial charge in [-0.2, -0.15) is 0 Å². The minimum absolute atomic E-state index is 0.124. The molecule has 110 valence electrons. The number of anilines is 1. The number of nitrogens with one attached hydrogen (secondary N) is 2. The summed E-state index contributed by atoms with van der Waals surface area (Å²) in [6, 6.07) is 1.72. The molecule has 1 amide bonds.